The van der Waals surface area contributed by atoms with Gasteiger partial charge in [-0.1, -0.05) is 72.3 Å². The first-order chi connectivity index (χ1) is 12.6. The lowest BCUT2D eigenvalue weighted by Gasteiger charge is -2.32. The van der Waals surface area contributed by atoms with Crippen molar-refractivity contribution in [2.24, 2.45) is 5.92 Å². The molecule has 0 spiro atoms. The first-order valence-electron chi connectivity index (χ1n) is 8.61. The van der Waals surface area contributed by atoms with Gasteiger partial charge in [0.25, 0.3) is 0 Å². The fraction of sp³-hybridized carbons (Fsp3) is 0.130. The number of Topliss-reactive ketones (excluding diaryl/α,β-unsaturated/α-hetero) is 2. The van der Waals surface area contributed by atoms with Crippen LogP contribution in [-0.4, -0.2) is 11.6 Å². The van der Waals surface area contributed by atoms with Gasteiger partial charge in [-0.3, -0.25) is 9.59 Å². The summed E-state index contributed by atoms with van der Waals surface area (Å²) in [7, 11) is 0. The van der Waals surface area contributed by atoms with Crippen LogP contribution in [0.25, 0.3) is 0 Å². The van der Waals surface area contributed by atoms with Crippen molar-refractivity contribution in [3.05, 3.63) is 101 Å². The number of fused-ring (bicyclic) bond motifs is 1. The SMILES string of the molecule is Cc1ccc(C(=O)C2C(=O)c3ccccc3OC2c2ccccc2)cc1. The second kappa shape index (κ2) is 6.60. The minimum absolute atomic E-state index is 0.189. The highest BCUT2D eigenvalue weighted by atomic mass is 16.5. The van der Waals surface area contributed by atoms with Gasteiger partial charge < -0.3 is 4.74 Å². The third-order valence-corrected chi connectivity index (χ3v) is 4.74. The third-order valence-electron chi connectivity index (χ3n) is 4.74. The van der Waals surface area contributed by atoms with Crippen molar-refractivity contribution in [3.63, 3.8) is 0 Å². The molecule has 1 aliphatic heterocycles. The maximum Gasteiger partial charge on any atom is 0.181 e. The molecule has 3 aromatic rings. The minimum Gasteiger partial charge on any atom is -0.484 e. The van der Waals surface area contributed by atoms with Crippen molar-refractivity contribution < 1.29 is 14.3 Å². The van der Waals surface area contributed by atoms with Crippen molar-refractivity contribution >= 4 is 11.6 Å². The molecule has 3 aromatic carbocycles. The van der Waals surface area contributed by atoms with Gasteiger partial charge in [-0.25, -0.2) is 0 Å². The molecule has 1 aliphatic rings. The summed E-state index contributed by atoms with van der Waals surface area (Å²) in [6, 6.07) is 23.9. The normalized spacial score (nSPS) is 18.7. The maximum absolute atomic E-state index is 13.2. The average molecular weight is 342 g/mol. The van der Waals surface area contributed by atoms with Crippen LogP contribution >= 0.6 is 0 Å². The molecule has 0 radical (unpaired) electrons. The highest BCUT2D eigenvalue weighted by Gasteiger charge is 2.42. The fourth-order valence-corrected chi connectivity index (χ4v) is 3.34. The standard InChI is InChI=1S/C23H18O3/c1-15-11-13-16(14-12-15)21(24)20-22(25)18-9-5-6-10-19(18)26-23(20)17-7-3-2-4-8-17/h2-14,20,23H,1H3. The Morgan fingerprint density at radius 1 is 0.846 bits per heavy atom. The number of hydrogen-bond donors (Lipinski definition) is 0. The highest BCUT2D eigenvalue weighted by Crippen LogP contribution is 2.40. The summed E-state index contributed by atoms with van der Waals surface area (Å²) in [6.07, 6.45) is -0.632. The fourth-order valence-electron chi connectivity index (χ4n) is 3.34. The van der Waals surface area contributed by atoms with Gasteiger partial charge in [-0.2, -0.15) is 0 Å². The summed E-state index contributed by atoms with van der Waals surface area (Å²) in [5, 5.41) is 0. The van der Waals surface area contributed by atoms with E-state index >= 15 is 0 Å². The number of carbonyl (C=O) groups excluding carboxylic acids is 2. The van der Waals surface area contributed by atoms with E-state index in [1.807, 2.05) is 55.5 Å². The van der Waals surface area contributed by atoms with E-state index in [0.29, 0.717) is 16.9 Å². The zero-order valence-electron chi connectivity index (χ0n) is 14.4. The molecule has 0 bridgehead atoms. The lowest BCUT2D eigenvalue weighted by Crippen LogP contribution is -2.37. The van der Waals surface area contributed by atoms with Crippen molar-refractivity contribution in [1.82, 2.24) is 0 Å². The van der Waals surface area contributed by atoms with E-state index in [1.54, 1.807) is 30.3 Å². The molecule has 26 heavy (non-hydrogen) atoms. The summed E-state index contributed by atoms with van der Waals surface area (Å²) < 4.78 is 6.13. The summed E-state index contributed by atoms with van der Waals surface area (Å²) in [5.41, 5.74) is 2.88. The molecule has 4 rings (SSSR count). The molecule has 3 nitrogen and oxygen atoms in total. The van der Waals surface area contributed by atoms with E-state index < -0.39 is 12.0 Å². The van der Waals surface area contributed by atoms with Crippen LogP contribution in [0.15, 0.2) is 78.9 Å². The van der Waals surface area contributed by atoms with Gasteiger partial charge in [0.1, 0.15) is 17.8 Å². The first-order valence-corrected chi connectivity index (χ1v) is 8.61. The number of ether oxygens (including phenoxy) is 1. The molecule has 2 unspecified atom stereocenters. The monoisotopic (exact) mass is 342 g/mol. The Morgan fingerprint density at radius 3 is 2.23 bits per heavy atom. The summed E-state index contributed by atoms with van der Waals surface area (Å²) in [6.45, 7) is 1.96. The Hall–Kier alpha value is -3.20. The van der Waals surface area contributed by atoms with Crippen LogP contribution in [0.1, 0.15) is 37.9 Å². The molecular formula is C23H18O3. The van der Waals surface area contributed by atoms with Crippen LogP contribution in [-0.2, 0) is 0 Å². The van der Waals surface area contributed by atoms with Gasteiger partial charge in [0.2, 0.25) is 0 Å². The smallest absolute Gasteiger partial charge is 0.181 e. The van der Waals surface area contributed by atoms with Crippen LogP contribution in [0, 0.1) is 12.8 Å². The van der Waals surface area contributed by atoms with Gasteiger partial charge in [0.05, 0.1) is 5.56 Å². The molecular weight excluding hydrogens is 324 g/mol. The predicted octanol–water partition coefficient (Wildman–Crippen LogP) is 4.81. The molecule has 0 fully saturated rings. The van der Waals surface area contributed by atoms with Gasteiger partial charge in [0.15, 0.2) is 11.6 Å². The van der Waals surface area contributed by atoms with Crippen LogP contribution in [0.5, 0.6) is 5.75 Å². The lowest BCUT2D eigenvalue weighted by atomic mass is 9.81. The van der Waals surface area contributed by atoms with Crippen molar-refractivity contribution in [2.45, 2.75) is 13.0 Å². The number of ketones is 2. The quantitative estimate of drug-likeness (QED) is 0.507. The Kier molecular flexibility index (Phi) is 4.13. The summed E-state index contributed by atoms with van der Waals surface area (Å²) in [4.78, 5) is 26.4. The van der Waals surface area contributed by atoms with E-state index in [4.69, 9.17) is 4.74 Å². The van der Waals surface area contributed by atoms with E-state index in [-0.39, 0.29) is 11.6 Å². The van der Waals surface area contributed by atoms with E-state index in [9.17, 15) is 9.59 Å². The van der Waals surface area contributed by atoms with Crippen LogP contribution in [0.4, 0.5) is 0 Å². The molecule has 128 valence electrons. The van der Waals surface area contributed by atoms with Crippen LogP contribution < -0.4 is 4.74 Å². The average Bonchev–Trinajstić information content (AvgIpc) is 2.69. The maximum atomic E-state index is 13.2. The topological polar surface area (TPSA) is 43.4 Å². The molecule has 0 aromatic heterocycles. The number of carbonyl (C=O) groups is 2. The zero-order valence-corrected chi connectivity index (χ0v) is 14.4. The molecule has 3 heteroatoms. The first kappa shape index (κ1) is 16.3. The third kappa shape index (κ3) is 2.82. The molecule has 1 heterocycles. The lowest BCUT2D eigenvalue weighted by molar-refractivity contribution is 0.0570. The molecule has 2 atom stereocenters. The van der Waals surface area contributed by atoms with Gasteiger partial charge in [-0.15, -0.1) is 0 Å². The number of para-hydroxylation sites is 1. The second-order valence-electron chi connectivity index (χ2n) is 6.52. The van der Waals surface area contributed by atoms with E-state index in [0.717, 1.165) is 11.1 Å². The van der Waals surface area contributed by atoms with Crippen molar-refractivity contribution in [3.8, 4) is 5.75 Å². The predicted molar refractivity (Wildman–Crippen MR) is 99.6 cm³/mol. The highest BCUT2D eigenvalue weighted by molar-refractivity contribution is 6.18. The second-order valence-corrected chi connectivity index (χ2v) is 6.52. The Morgan fingerprint density at radius 2 is 1.50 bits per heavy atom. The Balaban J connectivity index is 1.81. The number of aryl methyl sites for hydroxylation is 1. The molecule has 0 aliphatic carbocycles. The van der Waals surface area contributed by atoms with E-state index in [2.05, 4.69) is 0 Å². The number of rotatable bonds is 3. The minimum atomic E-state index is -0.894. The number of hydrogen-bond acceptors (Lipinski definition) is 3. The van der Waals surface area contributed by atoms with Gasteiger partial charge in [0, 0.05) is 5.56 Å². The summed E-state index contributed by atoms with van der Waals surface area (Å²) >= 11 is 0. The van der Waals surface area contributed by atoms with Crippen LogP contribution in [0.2, 0.25) is 0 Å². The van der Waals surface area contributed by atoms with E-state index in [1.165, 1.54) is 0 Å². The Bertz CT molecular complexity index is 958. The summed E-state index contributed by atoms with van der Waals surface area (Å²) in [5.74, 6) is -0.765. The van der Waals surface area contributed by atoms with Crippen molar-refractivity contribution in [2.75, 3.05) is 0 Å². The van der Waals surface area contributed by atoms with Gasteiger partial charge >= 0.3 is 0 Å². The van der Waals surface area contributed by atoms with Gasteiger partial charge in [-0.05, 0) is 24.6 Å². The van der Waals surface area contributed by atoms with Crippen molar-refractivity contribution in [1.29, 1.82) is 0 Å². The Labute approximate surface area is 152 Å². The molecule has 0 amide bonds. The largest absolute Gasteiger partial charge is 0.484 e. The molecule has 0 N–H and O–H groups in total. The molecule has 0 saturated carbocycles. The molecule has 0 saturated heterocycles. The zero-order chi connectivity index (χ0) is 18.1. The van der Waals surface area contributed by atoms with Crippen LogP contribution in [0.3, 0.4) is 0 Å². The number of benzene rings is 3.